The van der Waals surface area contributed by atoms with Crippen LogP contribution < -0.4 is 16.4 Å². The van der Waals surface area contributed by atoms with Gasteiger partial charge in [0.2, 0.25) is 11.8 Å². The highest BCUT2D eigenvalue weighted by atomic mass is 16.5. The van der Waals surface area contributed by atoms with E-state index in [-0.39, 0.29) is 18.9 Å². The summed E-state index contributed by atoms with van der Waals surface area (Å²) >= 11 is 0. The van der Waals surface area contributed by atoms with Crippen molar-refractivity contribution in [1.82, 2.24) is 10.6 Å². The van der Waals surface area contributed by atoms with Gasteiger partial charge in [0.1, 0.15) is 6.04 Å². The molecule has 0 saturated carbocycles. The van der Waals surface area contributed by atoms with Gasteiger partial charge in [0.15, 0.2) is 0 Å². The van der Waals surface area contributed by atoms with E-state index in [1.165, 1.54) is 13.5 Å². The lowest BCUT2D eigenvalue weighted by Crippen LogP contribution is -2.47. The fourth-order valence-electron chi connectivity index (χ4n) is 2.19. The second kappa shape index (κ2) is 12.9. The van der Waals surface area contributed by atoms with Crippen LogP contribution in [0.25, 0.3) is 0 Å². The second-order valence-corrected chi connectivity index (χ2v) is 5.75. The van der Waals surface area contributed by atoms with Crippen LogP contribution in [0.2, 0.25) is 0 Å². The van der Waals surface area contributed by atoms with Crippen molar-refractivity contribution in [3.8, 4) is 0 Å². The first-order valence-electron chi connectivity index (χ1n) is 8.29. The van der Waals surface area contributed by atoms with Crippen LogP contribution in [0.15, 0.2) is 0 Å². The fourth-order valence-corrected chi connectivity index (χ4v) is 2.19. The van der Waals surface area contributed by atoms with Crippen LogP contribution in [-0.2, 0) is 19.1 Å². The van der Waals surface area contributed by atoms with Crippen LogP contribution in [0.5, 0.6) is 0 Å². The van der Waals surface area contributed by atoms with Crippen molar-refractivity contribution in [3.05, 3.63) is 0 Å². The standard InChI is InChI=1S/C16H31N3O4/c1-4-5-6-7-8-9-15(21)19-13(10-14(17)20)11-18-12(2)16(22)23-3/h12-13,18H,4-11H2,1-3H3,(H2,17,20)(H,19,21)/t12-,13-/m0/s1. The molecule has 134 valence electrons. The summed E-state index contributed by atoms with van der Waals surface area (Å²) in [7, 11) is 1.31. The van der Waals surface area contributed by atoms with Gasteiger partial charge in [-0.1, -0.05) is 32.6 Å². The van der Waals surface area contributed by atoms with Gasteiger partial charge in [0, 0.05) is 19.4 Å². The third kappa shape index (κ3) is 11.6. The molecule has 0 bridgehead atoms. The predicted molar refractivity (Wildman–Crippen MR) is 88.6 cm³/mol. The first-order valence-corrected chi connectivity index (χ1v) is 8.29. The third-order valence-electron chi connectivity index (χ3n) is 3.55. The zero-order chi connectivity index (χ0) is 17.7. The van der Waals surface area contributed by atoms with Crippen LogP contribution in [0.1, 0.15) is 58.8 Å². The zero-order valence-electron chi connectivity index (χ0n) is 14.5. The Kier molecular flexibility index (Phi) is 12.0. The second-order valence-electron chi connectivity index (χ2n) is 5.75. The molecule has 2 atom stereocenters. The molecular weight excluding hydrogens is 298 g/mol. The van der Waals surface area contributed by atoms with E-state index in [1.54, 1.807) is 6.92 Å². The predicted octanol–water partition coefficient (Wildman–Crippen LogP) is 0.858. The fraction of sp³-hybridized carbons (Fsp3) is 0.812. The number of carbonyl (C=O) groups excluding carboxylic acids is 3. The van der Waals surface area contributed by atoms with Gasteiger partial charge in [0.05, 0.1) is 13.2 Å². The molecule has 7 nitrogen and oxygen atoms in total. The molecule has 23 heavy (non-hydrogen) atoms. The van der Waals surface area contributed by atoms with Crippen LogP contribution in [0, 0.1) is 0 Å². The number of esters is 1. The van der Waals surface area contributed by atoms with Crippen molar-refractivity contribution in [1.29, 1.82) is 0 Å². The van der Waals surface area contributed by atoms with E-state index in [0.29, 0.717) is 6.42 Å². The summed E-state index contributed by atoms with van der Waals surface area (Å²) in [6.07, 6.45) is 5.80. The van der Waals surface area contributed by atoms with E-state index in [2.05, 4.69) is 22.3 Å². The lowest BCUT2D eigenvalue weighted by Gasteiger charge is -2.20. The van der Waals surface area contributed by atoms with E-state index >= 15 is 0 Å². The van der Waals surface area contributed by atoms with Crippen molar-refractivity contribution < 1.29 is 19.1 Å². The van der Waals surface area contributed by atoms with E-state index in [1.807, 2.05) is 0 Å². The smallest absolute Gasteiger partial charge is 0.322 e. The Morgan fingerprint density at radius 1 is 1.13 bits per heavy atom. The Balaban J connectivity index is 4.19. The van der Waals surface area contributed by atoms with Gasteiger partial charge in [-0.2, -0.15) is 0 Å². The number of primary amides is 1. The van der Waals surface area contributed by atoms with Crippen molar-refractivity contribution in [3.63, 3.8) is 0 Å². The molecule has 0 aromatic rings. The number of nitrogens with two attached hydrogens (primary N) is 1. The maximum Gasteiger partial charge on any atom is 0.322 e. The maximum absolute atomic E-state index is 11.9. The highest BCUT2D eigenvalue weighted by molar-refractivity contribution is 5.79. The van der Waals surface area contributed by atoms with Gasteiger partial charge >= 0.3 is 5.97 Å². The average molecular weight is 329 g/mol. The molecule has 0 unspecified atom stereocenters. The Hall–Kier alpha value is -1.63. The number of ether oxygens (including phenoxy) is 1. The number of amides is 2. The number of rotatable bonds is 13. The van der Waals surface area contributed by atoms with Crippen molar-refractivity contribution >= 4 is 17.8 Å². The average Bonchev–Trinajstić information content (AvgIpc) is 2.50. The number of hydrogen-bond donors (Lipinski definition) is 3. The minimum absolute atomic E-state index is 0.0302. The minimum atomic E-state index is -0.513. The summed E-state index contributed by atoms with van der Waals surface area (Å²) in [5, 5.41) is 5.73. The van der Waals surface area contributed by atoms with Gasteiger partial charge in [-0.3, -0.25) is 14.4 Å². The lowest BCUT2D eigenvalue weighted by molar-refractivity contribution is -0.142. The molecule has 0 rings (SSSR count). The molecule has 7 heteroatoms. The van der Waals surface area contributed by atoms with Crippen LogP contribution in [0.3, 0.4) is 0 Å². The van der Waals surface area contributed by atoms with Crippen LogP contribution in [-0.4, -0.2) is 43.5 Å². The molecule has 0 aliphatic carbocycles. The molecule has 0 heterocycles. The molecule has 0 aromatic heterocycles. The van der Waals surface area contributed by atoms with Crippen LogP contribution >= 0.6 is 0 Å². The normalized spacial score (nSPS) is 13.2. The molecule has 0 aliphatic rings. The summed E-state index contributed by atoms with van der Waals surface area (Å²) < 4.78 is 4.61. The van der Waals surface area contributed by atoms with E-state index < -0.39 is 24.0 Å². The minimum Gasteiger partial charge on any atom is -0.468 e. The van der Waals surface area contributed by atoms with Crippen molar-refractivity contribution in [2.45, 2.75) is 70.9 Å². The molecule has 0 fully saturated rings. The Morgan fingerprint density at radius 2 is 1.78 bits per heavy atom. The van der Waals surface area contributed by atoms with Gasteiger partial charge in [-0.05, 0) is 13.3 Å². The van der Waals surface area contributed by atoms with Gasteiger partial charge in [-0.15, -0.1) is 0 Å². The molecule has 4 N–H and O–H groups in total. The summed E-state index contributed by atoms with van der Waals surface area (Å²) in [6.45, 7) is 4.08. The molecule has 2 amide bonds. The van der Waals surface area contributed by atoms with Crippen LogP contribution in [0.4, 0.5) is 0 Å². The van der Waals surface area contributed by atoms with Crippen molar-refractivity contribution in [2.24, 2.45) is 5.73 Å². The SMILES string of the molecule is CCCCCCCC(=O)N[C@H](CN[C@@H](C)C(=O)OC)CC(N)=O. The summed E-state index contributed by atoms with van der Waals surface area (Å²) in [6, 6.07) is -0.941. The van der Waals surface area contributed by atoms with Gasteiger partial charge in [0.25, 0.3) is 0 Å². The number of hydrogen-bond acceptors (Lipinski definition) is 5. The maximum atomic E-state index is 11.9. The summed E-state index contributed by atoms with van der Waals surface area (Å²) in [4.78, 5) is 34.4. The highest BCUT2D eigenvalue weighted by Crippen LogP contribution is 2.05. The topological polar surface area (TPSA) is 111 Å². The molecule has 0 aliphatic heterocycles. The number of nitrogens with one attached hydrogen (secondary N) is 2. The van der Waals surface area contributed by atoms with E-state index in [9.17, 15) is 14.4 Å². The first kappa shape index (κ1) is 21.4. The van der Waals surface area contributed by atoms with Crippen molar-refractivity contribution in [2.75, 3.05) is 13.7 Å². The molecule has 0 spiro atoms. The highest BCUT2D eigenvalue weighted by Gasteiger charge is 2.18. The molecule has 0 radical (unpaired) electrons. The van der Waals surface area contributed by atoms with Gasteiger partial charge in [-0.25, -0.2) is 0 Å². The third-order valence-corrected chi connectivity index (χ3v) is 3.55. The van der Waals surface area contributed by atoms with E-state index in [0.717, 1.165) is 25.7 Å². The Morgan fingerprint density at radius 3 is 2.35 bits per heavy atom. The zero-order valence-corrected chi connectivity index (χ0v) is 14.5. The monoisotopic (exact) mass is 329 g/mol. The quantitative estimate of drug-likeness (QED) is 0.343. The Bertz CT molecular complexity index is 374. The first-order chi connectivity index (χ1) is 10.9. The molecular formula is C16H31N3O4. The summed E-state index contributed by atoms with van der Waals surface area (Å²) in [5.74, 6) is -0.990. The van der Waals surface area contributed by atoms with E-state index in [4.69, 9.17) is 5.73 Å². The Labute approximate surface area is 138 Å². The molecule has 0 saturated heterocycles. The number of methoxy groups -OCH3 is 1. The lowest BCUT2D eigenvalue weighted by atomic mass is 10.1. The largest absolute Gasteiger partial charge is 0.468 e. The number of carbonyl (C=O) groups is 3. The summed E-state index contributed by atoms with van der Waals surface area (Å²) in [5.41, 5.74) is 5.21. The van der Waals surface area contributed by atoms with Gasteiger partial charge < -0.3 is 21.1 Å². The molecule has 0 aromatic carbocycles. The number of unbranched alkanes of at least 4 members (excludes halogenated alkanes) is 4.